The smallest absolute Gasteiger partial charge is 0.293 e. The van der Waals surface area contributed by atoms with E-state index < -0.39 is 16.9 Å². The third kappa shape index (κ3) is 4.04. The van der Waals surface area contributed by atoms with Gasteiger partial charge in [0.2, 0.25) is 5.91 Å². The lowest BCUT2D eigenvalue weighted by atomic mass is 10.0. The number of benzene rings is 2. The Hall–Kier alpha value is -3.40. The van der Waals surface area contributed by atoms with Crippen LogP contribution in [0.4, 0.5) is 11.4 Å². The number of nitrogens with zero attached hydrogens (tertiary/aromatic N) is 2. The second-order valence-electron chi connectivity index (χ2n) is 4.89. The van der Waals surface area contributed by atoms with Gasteiger partial charge in [0, 0.05) is 12.5 Å². The van der Waals surface area contributed by atoms with Crippen molar-refractivity contribution in [3.63, 3.8) is 0 Å². The number of primary amides is 1. The van der Waals surface area contributed by atoms with Crippen LogP contribution in [0.5, 0.6) is 0 Å². The molecule has 0 spiro atoms. The van der Waals surface area contributed by atoms with Crippen molar-refractivity contribution < 1.29 is 9.72 Å². The van der Waals surface area contributed by atoms with Crippen molar-refractivity contribution in [2.24, 2.45) is 5.73 Å². The lowest BCUT2D eigenvalue weighted by Crippen LogP contribution is -2.37. The molecule has 0 saturated carbocycles. The molecular formula is C16H14N4O3. The average molecular weight is 310 g/mol. The van der Waals surface area contributed by atoms with E-state index in [0.717, 1.165) is 11.6 Å². The number of nitriles is 1. The van der Waals surface area contributed by atoms with Crippen molar-refractivity contribution in [2.75, 3.05) is 5.32 Å². The predicted molar refractivity (Wildman–Crippen MR) is 84.6 cm³/mol. The van der Waals surface area contributed by atoms with Crippen LogP contribution in [-0.2, 0) is 11.2 Å². The van der Waals surface area contributed by atoms with Gasteiger partial charge in [0.25, 0.3) is 5.69 Å². The number of carbonyl (C=O) groups excluding carboxylic acids is 1. The van der Waals surface area contributed by atoms with E-state index in [2.05, 4.69) is 5.32 Å². The Labute approximate surface area is 132 Å². The van der Waals surface area contributed by atoms with Crippen LogP contribution in [0.2, 0.25) is 0 Å². The molecule has 0 saturated heterocycles. The molecule has 23 heavy (non-hydrogen) atoms. The van der Waals surface area contributed by atoms with Gasteiger partial charge in [0.05, 0.1) is 16.6 Å². The molecule has 0 aliphatic carbocycles. The largest absolute Gasteiger partial charge is 0.368 e. The zero-order valence-electron chi connectivity index (χ0n) is 12.1. The Morgan fingerprint density at radius 3 is 2.57 bits per heavy atom. The van der Waals surface area contributed by atoms with Crippen LogP contribution in [0.25, 0.3) is 0 Å². The molecule has 0 bridgehead atoms. The molecule has 7 heteroatoms. The van der Waals surface area contributed by atoms with Crippen LogP contribution in [0.1, 0.15) is 11.1 Å². The summed E-state index contributed by atoms with van der Waals surface area (Å²) in [5.41, 5.74) is 6.31. The Kier molecular flexibility index (Phi) is 4.89. The lowest BCUT2D eigenvalue weighted by molar-refractivity contribution is -0.384. The van der Waals surface area contributed by atoms with Gasteiger partial charge in [-0.05, 0) is 17.7 Å². The Morgan fingerprint density at radius 1 is 1.30 bits per heavy atom. The summed E-state index contributed by atoms with van der Waals surface area (Å²) in [5, 5.41) is 22.8. The van der Waals surface area contributed by atoms with E-state index in [1.54, 1.807) is 0 Å². The summed E-state index contributed by atoms with van der Waals surface area (Å²) in [6, 6.07) is 14.2. The van der Waals surface area contributed by atoms with Crippen molar-refractivity contribution in [3.05, 3.63) is 69.8 Å². The topological polar surface area (TPSA) is 122 Å². The quantitative estimate of drug-likeness (QED) is 0.624. The molecule has 7 nitrogen and oxygen atoms in total. The van der Waals surface area contributed by atoms with Crippen molar-refractivity contribution in [3.8, 4) is 6.07 Å². The summed E-state index contributed by atoms with van der Waals surface area (Å²) >= 11 is 0. The summed E-state index contributed by atoms with van der Waals surface area (Å²) in [5.74, 6) is -0.618. The van der Waals surface area contributed by atoms with E-state index in [0.29, 0.717) is 6.42 Å². The van der Waals surface area contributed by atoms with Gasteiger partial charge in [-0.2, -0.15) is 5.26 Å². The Bertz CT molecular complexity index is 769. The van der Waals surface area contributed by atoms with Gasteiger partial charge in [0.15, 0.2) is 0 Å². The molecule has 0 aliphatic heterocycles. The van der Waals surface area contributed by atoms with Crippen molar-refractivity contribution >= 4 is 17.3 Å². The number of rotatable bonds is 6. The van der Waals surface area contributed by atoms with Gasteiger partial charge in [-0.1, -0.05) is 30.3 Å². The first-order valence-corrected chi connectivity index (χ1v) is 6.79. The number of nitro benzene ring substituents is 1. The zero-order valence-corrected chi connectivity index (χ0v) is 12.1. The van der Waals surface area contributed by atoms with Gasteiger partial charge in [-0.25, -0.2) is 0 Å². The van der Waals surface area contributed by atoms with Crippen LogP contribution in [0, 0.1) is 21.4 Å². The highest BCUT2D eigenvalue weighted by Gasteiger charge is 2.21. The number of carbonyl (C=O) groups is 1. The Morgan fingerprint density at radius 2 is 2.00 bits per heavy atom. The molecule has 2 rings (SSSR count). The van der Waals surface area contributed by atoms with Crippen molar-refractivity contribution in [1.82, 2.24) is 0 Å². The number of hydrogen-bond donors (Lipinski definition) is 2. The van der Waals surface area contributed by atoms with Crippen molar-refractivity contribution in [1.29, 1.82) is 5.26 Å². The third-order valence-electron chi connectivity index (χ3n) is 3.28. The van der Waals surface area contributed by atoms with E-state index in [1.807, 2.05) is 36.4 Å². The molecule has 2 aromatic rings. The van der Waals surface area contributed by atoms with Gasteiger partial charge in [0.1, 0.15) is 11.7 Å². The van der Waals surface area contributed by atoms with Crippen LogP contribution < -0.4 is 11.1 Å². The van der Waals surface area contributed by atoms with Gasteiger partial charge in [-0.15, -0.1) is 0 Å². The number of nitrogens with two attached hydrogens (primary N) is 1. The molecule has 2 aromatic carbocycles. The van der Waals surface area contributed by atoms with E-state index in [-0.39, 0.29) is 16.9 Å². The highest BCUT2D eigenvalue weighted by Crippen LogP contribution is 2.26. The molecule has 1 atom stereocenters. The zero-order chi connectivity index (χ0) is 16.8. The monoisotopic (exact) mass is 310 g/mol. The summed E-state index contributed by atoms with van der Waals surface area (Å²) in [6.45, 7) is 0. The molecule has 3 N–H and O–H groups in total. The fraction of sp³-hybridized carbons (Fsp3) is 0.125. The predicted octanol–water partition coefficient (Wildman–Crippen LogP) is 1.97. The normalized spacial score (nSPS) is 11.3. The number of hydrogen-bond acceptors (Lipinski definition) is 5. The van der Waals surface area contributed by atoms with Crippen LogP contribution >= 0.6 is 0 Å². The van der Waals surface area contributed by atoms with Gasteiger partial charge >= 0.3 is 0 Å². The minimum atomic E-state index is -0.802. The van der Waals surface area contributed by atoms with Crippen molar-refractivity contribution in [2.45, 2.75) is 12.5 Å². The SMILES string of the molecule is N#Cc1ccc(NC(Cc2ccccc2)C(N)=O)c([N+](=O)[O-])c1. The maximum atomic E-state index is 11.6. The minimum absolute atomic E-state index is 0.147. The molecule has 0 radical (unpaired) electrons. The van der Waals surface area contributed by atoms with Crippen LogP contribution in [-0.4, -0.2) is 16.9 Å². The lowest BCUT2D eigenvalue weighted by Gasteiger charge is -2.17. The number of nitro groups is 1. The summed E-state index contributed by atoms with van der Waals surface area (Å²) in [7, 11) is 0. The second kappa shape index (κ2) is 7.04. The van der Waals surface area contributed by atoms with Crippen LogP contribution in [0.3, 0.4) is 0 Å². The molecule has 0 aromatic heterocycles. The highest BCUT2D eigenvalue weighted by atomic mass is 16.6. The van der Waals surface area contributed by atoms with E-state index in [4.69, 9.17) is 11.0 Å². The fourth-order valence-electron chi connectivity index (χ4n) is 2.13. The summed E-state index contributed by atoms with van der Waals surface area (Å²) in [4.78, 5) is 22.2. The summed E-state index contributed by atoms with van der Waals surface area (Å²) < 4.78 is 0. The van der Waals surface area contributed by atoms with Gasteiger partial charge in [-0.3, -0.25) is 14.9 Å². The number of anilines is 1. The molecule has 1 unspecified atom stereocenters. The van der Waals surface area contributed by atoms with Crippen LogP contribution in [0.15, 0.2) is 48.5 Å². The number of amides is 1. The molecule has 0 heterocycles. The van der Waals surface area contributed by atoms with E-state index in [9.17, 15) is 14.9 Å². The van der Waals surface area contributed by atoms with Gasteiger partial charge < -0.3 is 11.1 Å². The molecule has 1 amide bonds. The first-order chi connectivity index (χ1) is 11.0. The standard InChI is InChI=1S/C16H14N4O3/c17-10-12-6-7-13(15(9-12)20(22)23)19-14(16(18)21)8-11-4-2-1-3-5-11/h1-7,9,14,19H,8H2,(H2,18,21). The van der Waals surface area contributed by atoms with E-state index >= 15 is 0 Å². The summed E-state index contributed by atoms with van der Waals surface area (Å²) in [6.07, 6.45) is 0.299. The molecule has 116 valence electrons. The maximum Gasteiger partial charge on any atom is 0.293 e. The number of nitrogens with one attached hydrogen (secondary N) is 1. The first-order valence-electron chi connectivity index (χ1n) is 6.79. The molecule has 0 aliphatic rings. The second-order valence-corrected chi connectivity index (χ2v) is 4.89. The molecular weight excluding hydrogens is 296 g/mol. The fourth-order valence-corrected chi connectivity index (χ4v) is 2.13. The Balaban J connectivity index is 2.28. The average Bonchev–Trinajstić information content (AvgIpc) is 2.55. The van der Waals surface area contributed by atoms with E-state index in [1.165, 1.54) is 12.1 Å². The minimum Gasteiger partial charge on any atom is -0.368 e. The first kappa shape index (κ1) is 16.0. The highest BCUT2D eigenvalue weighted by molar-refractivity contribution is 5.84. The maximum absolute atomic E-state index is 11.6. The third-order valence-corrected chi connectivity index (χ3v) is 3.28. The molecule has 0 fully saturated rings.